The largest absolute Gasteiger partial charge is 0.497 e. The van der Waals surface area contributed by atoms with Gasteiger partial charge in [0.05, 0.1) is 17.9 Å². The topological polar surface area (TPSA) is 29.5 Å². The lowest BCUT2D eigenvalue weighted by Crippen LogP contribution is -2.39. The molecule has 0 radical (unpaired) electrons. The Kier molecular flexibility index (Phi) is 8.41. The maximum absolute atomic E-state index is 13.7. The van der Waals surface area contributed by atoms with E-state index in [1.165, 1.54) is 21.5 Å². The highest BCUT2D eigenvalue weighted by atomic mass is 32.2. The maximum Gasteiger partial charge on any atom is 0.118 e. The summed E-state index contributed by atoms with van der Waals surface area (Å²) in [6.07, 6.45) is 0. The predicted octanol–water partition coefficient (Wildman–Crippen LogP) is 5.94. The van der Waals surface area contributed by atoms with E-state index in [-0.39, 0.29) is 6.04 Å². The molecule has 0 aliphatic rings. The van der Waals surface area contributed by atoms with Crippen molar-refractivity contribution >= 4 is 34.8 Å². The first kappa shape index (κ1) is 26.3. The van der Waals surface area contributed by atoms with Crippen molar-refractivity contribution in [3.8, 4) is 5.75 Å². The van der Waals surface area contributed by atoms with Crippen LogP contribution in [-0.2, 0) is 11.0 Å². The lowest BCUT2D eigenvalue weighted by atomic mass is 9.98. The molecule has 0 aliphatic heterocycles. The van der Waals surface area contributed by atoms with E-state index in [0.29, 0.717) is 0 Å². The number of benzene rings is 4. The quantitative estimate of drug-likeness (QED) is 0.272. The van der Waals surface area contributed by atoms with Crippen LogP contribution in [0.3, 0.4) is 0 Å². The van der Waals surface area contributed by atoms with Crippen molar-refractivity contribution in [1.82, 2.24) is 4.31 Å². The van der Waals surface area contributed by atoms with Crippen molar-refractivity contribution in [3.05, 3.63) is 120 Å². The highest BCUT2D eigenvalue weighted by molar-refractivity contribution is 7.84. The second-order valence-corrected chi connectivity index (χ2v) is 14.1. The zero-order chi connectivity index (χ0) is 25.7. The van der Waals surface area contributed by atoms with Crippen LogP contribution in [0.15, 0.2) is 109 Å². The predicted molar refractivity (Wildman–Crippen MR) is 156 cm³/mol. The first-order valence-electron chi connectivity index (χ1n) is 12.1. The standard InChI is InChI=1S/C31H34NO2PS/c1-31(2,3)36(33)32(4)30(24-20-22-25(34-5)23-21-24)28-18-12-13-19-29(28)35(26-14-8-6-9-15-26)27-16-10-7-11-17-27/h6-23,30H,1-5H3/t30-,36+/m1/s1. The van der Waals surface area contributed by atoms with Gasteiger partial charge in [-0.15, -0.1) is 0 Å². The average Bonchev–Trinajstić information content (AvgIpc) is 2.90. The smallest absolute Gasteiger partial charge is 0.118 e. The van der Waals surface area contributed by atoms with Crippen LogP contribution in [-0.4, -0.2) is 27.4 Å². The Morgan fingerprint density at radius 3 is 1.75 bits per heavy atom. The van der Waals surface area contributed by atoms with E-state index in [9.17, 15) is 4.21 Å². The molecule has 4 rings (SSSR count). The van der Waals surface area contributed by atoms with E-state index in [1.54, 1.807) is 7.11 Å². The van der Waals surface area contributed by atoms with Crippen molar-refractivity contribution in [2.24, 2.45) is 0 Å². The molecule has 0 amide bonds. The minimum atomic E-state index is -1.22. The van der Waals surface area contributed by atoms with Crippen LogP contribution < -0.4 is 20.7 Å². The minimum Gasteiger partial charge on any atom is -0.497 e. The molecular formula is C31H34NO2PS. The van der Waals surface area contributed by atoms with Crippen molar-refractivity contribution in [1.29, 1.82) is 0 Å². The number of rotatable bonds is 8. The summed E-state index contributed by atoms with van der Waals surface area (Å²) in [5.41, 5.74) is 2.25. The van der Waals surface area contributed by atoms with Crippen molar-refractivity contribution in [2.75, 3.05) is 14.2 Å². The monoisotopic (exact) mass is 515 g/mol. The van der Waals surface area contributed by atoms with Gasteiger partial charge in [0.15, 0.2) is 0 Å². The summed E-state index contributed by atoms with van der Waals surface area (Å²) < 4.78 is 20.8. The Morgan fingerprint density at radius 1 is 0.750 bits per heavy atom. The molecule has 4 aromatic carbocycles. The van der Waals surface area contributed by atoms with Crippen LogP contribution in [0, 0.1) is 0 Å². The molecule has 5 heteroatoms. The second-order valence-electron chi connectivity index (χ2n) is 9.65. The summed E-state index contributed by atoms with van der Waals surface area (Å²) in [5.74, 6) is 0.807. The van der Waals surface area contributed by atoms with Gasteiger partial charge in [0.1, 0.15) is 16.7 Å². The molecule has 0 unspecified atom stereocenters. The van der Waals surface area contributed by atoms with E-state index in [0.717, 1.165) is 11.3 Å². The fourth-order valence-corrected chi connectivity index (χ4v) is 8.18. The Labute approximate surface area is 219 Å². The summed E-state index contributed by atoms with van der Waals surface area (Å²) in [7, 11) is 1.61. The molecule has 0 saturated heterocycles. The van der Waals surface area contributed by atoms with Crippen LogP contribution in [0.4, 0.5) is 0 Å². The van der Waals surface area contributed by atoms with Crippen molar-refractivity contribution in [2.45, 2.75) is 31.6 Å². The van der Waals surface area contributed by atoms with Crippen LogP contribution in [0.25, 0.3) is 0 Å². The zero-order valence-corrected chi connectivity index (χ0v) is 23.3. The molecule has 36 heavy (non-hydrogen) atoms. The number of hydrogen-bond acceptors (Lipinski definition) is 2. The summed E-state index contributed by atoms with van der Waals surface area (Å²) in [6, 6.07) is 38.0. The summed E-state index contributed by atoms with van der Waals surface area (Å²) in [4.78, 5) is 0. The molecule has 0 spiro atoms. The molecule has 0 bridgehead atoms. The Hall–Kier alpha value is -2.78. The molecule has 0 heterocycles. The average molecular weight is 516 g/mol. The Balaban J connectivity index is 1.94. The van der Waals surface area contributed by atoms with Gasteiger partial charge < -0.3 is 4.74 Å². The van der Waals surface area contributed by atoms with Gasteiger partial charge in [-0.25, -0.2) is 8.51 Å². The molecule has 0 aromatic heterocycles. The van der Waals surface area contributed by atoms with Crippen LogP contribution in [0.5, 0.6) is 5.75 Å². The normalized spacial score (nSPS) is 13.5. The molecule has 2 atom stereocenters. The van der Waals surface area contributed by atoms with Gasteiger partial charge in [-0.2, -0.15) is 0 Å². The van der Waals surface area contributed by atoms with Gasteiger partial charge in [0.25, 0.3) is 0 Å². The maximum atomic E-state index is 13.7. The third-order valence-electron chi connectivity index (χ3n) is 6.08. The van der Waals surface area contributed by atoms with E-state index in [1.807, 2.05) is 44.3 Å². The SMILES string of the molecule is COc1ccc([C@H](c2ccccc2P(c2ccccc2)c2ccccc2)N(C)[S@@](=O)C(C)(C)C)cc1. The highest BCUT2D eigenvalue weighted by Crippen LogP contribution is 2.39. The number of methoxy groups -OCH3 is 1. The van der Waals surface area contributed by atoms with Gasteiger partial charge in [0.2, 0.25) is 0 Å². The first-order valence-corrected chi connectivity index (χ1v) is 14.5. The van der Waals surface area contributed by atoms with E-state index < -0.39 is 23.7 Å². The van der Waals surface area contributed by atoms with Crippen LogP contribution in [0.1, 0.15) is 37.9 Å². The zero-order valence-electron chi connectivity index (χ0n) is 21.6. The van der Waals surface area contributed by atoms with Crippen LogP contribution >= 0.6 is 7.92 Å². The van der Waals surface area contributed by atoms with Gasteiger partial charge in [-0.1, -0.05) is 97.1 Å². The molecular weight excluding hydrogens is 481 g/mol. The van der Waals surface area contributed by atoms with Gasteiger partial charge >= 0.3 is 0 Å². The summed E-state index contributed by atoms with van der Waals surface area (Å²) in [5, 5.41) is 3.85. The fourth-order valence-electron chi connectivity index (χ4n) is 4.40. The number of nitrogens with zero attached hydrogens (tertiary/aromatic N) is 1. The van der Waals surface area contributed by atoms with Crippen molar-refractivity contribution in [3.63, 3.8) is 0 Å². The van der Waals surface area contributed by atoms with Gasteiger partial charge in [-0.3, -0.25) is 0 Å². The molecule has 3 nitrogen and oxygen atoms in total. The lowest BCUT2D eigenvalue weighted by Gasteiger charge is -2.35. The molecule has 0 aliphatic carbocycles. The third kappa shape index (κ3) is 5.78. The Morgan fingerprint density at radius 2 is 1.25 bits per heavy atom. The second kappa shape index (κ2) is 11.5. The molecule has 4 aromatic rings. The van der Waals surface area contributed by atoms with E-state index >= 15 is 0 Å². The molecule has 0 saturated carbocycles. The van der Waals surface area contributed by atoms with Crippen molar-refractivity contribution < 1.29 is 8.95 Å². The number of ether oxygens (including phenoxy) is 1. The van der Waals surface area contributed by atoms with Crippen LogP contribution in [0.2, 0.25) is 0 Å². The molecule has 0 fully saturated rings. The van der Waals surface area contributed by atoms with Gasteiger partial charge in [-0.05, 0) is 67.9 Å². The first-order chi connectivity index (χ1) is 17.3. The Bertz CT molecular complexity index is 1250. The summed E-state index contributed by atoms with van der Waals surface area (Å²) >= 11 is 0. The lowest BCUT2D eigenvalue weighted by molar-refractivity contribution is 0.413. The third-order valence-corrected chi connectivity index (χ3v) is 10.4. The van der Waals surface area contributed by atoms with Gasteiger partial charge in [0, 0.05) is 7.05 Å². The highest BCUT2D eigenvalue weighted by Gasteiger charge is 2.33. The fraction of sp³-hybridized carbons (Fsp3) is 0.226. The summed E-state index contributed by atoms with van der Waals surface area (Å²) in [6.45, 7) is 6.08. The molecule has 186 valence electrons. The van der Waals surface area contributed by atoms with E-state index in [4.69, 9.17) is 4.74 Å². The number of hydrogen-bond donors (Lipinski definition) is 0. The van der Waals surface area contributed by atoms with E-state index in [2.05, 4.69) is 97.1 Å². The minimum absolute atomic E-state index is 0.190. The molecule has 0 N–H and O–H groups in total.